The highest BCUT2D eigenvalue weighted by Gasteiger charge is 2.12. The van der Waals surface area contributed by atoms with Gasteiger partial charge in [0.1, 0.15) is 0 Å². The number of rotatable bonds is 5. The number of amides is 1. The summed E-state index contributed by atoms with van der Waals surface area (Å²) in [6.07, 6.45) is 2.76. The van der Waals surface area contributed by atoms with Gasteiger partial charge < -0.3 is 9.84 Å². The molecule has 0 unspecified atom stereocenters. The van der Waals surface area contributed by atoms with Crippen LogP contribution in [0.15, 0.2) is 47.1 Å². The number of hydrogen-bond donors (Lipinski definition) is 1. The van der Waals surface area contributed by atoms with Gasteiger partial charge in [-0.15, -0.1) is 10.2 Å². The van der Waals surface area contributed by atoms with Crippen LogP contribution in [0.5, 0.6) is 0 Å². The molecule has 0 aliphatic rings. The first kappa shape index (κ1) is 16.9. The van der Waals surface area contributed by atoms with Gasteiger partial charge in [-0.05, 0) is 43.2 Å². The Kier molecular flexibility index (Phi) is 4.37. The van der Waals surface area contributed by atoms with Gasteiger partial charge in [0.2, 0.25) is 0 Å². The van der Waals surface area contributed by atoms with Crippen LogP contribution >= 0.6 is 0 Å². The van der Waals surface area contributed by atoms with E-state index < -0.39 is 0 Å². The number of fused-ring (bicyclic) bond motifs is 1. The van der Waals surface area contributed by atoms with Crippen molar-refractivity contribution in [3.05, 3.63) is 65.4 Å². The van der Waals surface area contributed by atoms with E-state index >= 15 is 0 Å². The molecule has 0 radical (unpaired) electrons. The summed E-state index contributed by atoms with van der Waals surface area (Å²) in [6.45, 7) is 4.12. The number of aryl methyl sites for hydroxylation is 2. The summed E-state index contributed by atoms with van der Waals surface area (Å²) in [5.41, 5.74) is 3.22. The molecular formula is C19H18N6O2. The van der Waals surface area contributed by atoms with E-state index in [9.17, 15) is 4.79 Å². The van der Waals surface area contributed by atoms with Gasteiger partial charge in [-0.25, -0.2) is 0 Å². The highest BCUT2D eigenvalue weighted by molar-refractivity contribution is 5.94. The topological polar surface area (TPSA) is 98.2 Å². The SMILES string of the molecule is CCc1ccc(C(=O)NCc2nnc3cc(-c4nc(C)no4)ccn23)cc1. The second-order valence-corrected chi connectivity index (χ2v) is 6.14. The van der Waals surface area contributed by atoms with Crippen molar-refractivity contribution in [2.45, 2.75) is 26.8 Å². The third-order valence-electron chi connectivity index (χ3n) is 4.29. The Bertz CT molecular complexity index is 1100. The number of pyridine rings is 1. The molecule has 4 aromatic rings. The molecule has 0 aliphatic heterocycles. The molecule has 1 amide bonds. The molecule has 8 nitrogen and oxygen atoms in total. The summed E-state index contributed by atoms with van der Waals surface area (Å²) in [5, 5.41) is 15.0. The van der Waals surface area contributed by atoms with Crippen molar-refractivity contribution in [2.75, 3.05) is 0 Å². The lowest BCUT2D eigenvalue weighted by Gasteiger charge is -2.05. The van der Waals surface area contributed by atoms with E-state index in [1.54, 1.807) is 6.92 Å². The van der Waals surface area contributed by atoms with Gasteiger partial charge in [0.15, 0.2) is 17.3 Å². The number of hydrogen-bond acceptors (Lipinski definition) is 6. The van der Waals surface area contributed by atoms with Gasteiger partial charge in [-0.1, -0.05) is 24.2 Å². The zero-order valence-corrected chi connectivity index (χ0v) is 15.0. The number of nitrogens with one attached hydrogen (secondary N) is 1. The van der Waals surface area contributed by atoms with Gasteiger partial charge in [0.05, 0.1) is 6.54 Å². The molecule has 3 aromatic heterocycles. The van der Waals surface area contributed by atoms with Crippen LogP contribution in [0, 0.1) is 6.92 Å². The van der Waals surface area contributed by atoms with Gasteiger partial charge in [-0.3, -0.25) is 9.20 Å². The molecule has 0 bridgehead atoms. The highest BCUT2D eigenvalue weighted by atomic mass is 16.5. The van der Waals surface area contributed by atoms with Crippen molar-refractivity contribution in [3.63, 3.8) is 0 Å². The smallest absolute Gasteiger partial charge is 0.258 e. The van der Waals surface area contributed by atoms with Gasteiger partial charge in [0.25, 0.3) is 11.8 Å². The highest BCUT2D eigenvalue weighted by Crippen LogP contribution is 2.18. The summed E-state index contributed by atoms with van der Waals surface area (Å²) in [5.74, 6) is 1.49. The van der Waals surface area contributed by atoms with Crippen LogP contribution in [0.3, 0.4) is 0 Å². The fraction of sp³-hybridized carbons (Fsp3) is 0.211. The average Bonchev–Trinajstić information content (AvgIpc) is 3.31. The summed E-state index contributed by atoms with van der Waals surface area (Å²) < 4.78 is 6.99. The Morgan fingerprint density at radius 2 is 2.00 bits per heavy atom. The van der Waals surface area contributed by atoms with E-state index in [4.69, 9.17) is 4.52 Å². The molecule has 4 rings (SSSR count). The van der Waals surface area contributed by atoms with Crippen LogP contribution in [0.4, 0.5) is 0 Å². The Hall–Kier alpha value is -3.55. The van der Waals surface area contributed by atoms with Crippen LogP contribution in [-0.4, -0.2) is 30.6 Å². The predicted molar refractivity (Wildman–Crippen MR) is 98.0 cm³/mol. The maximum atomic E-state index is 12.3. The van der Waals surface area contributed by atoms with E-state index in [2.05, 4.69) is 32.6 Å². The molecule has 0 atom stereocenters. The van der Waals surface area contributed by atoms with Crippen molar-refractivity contribution < 1.29 is 9.32 Å². The zero-order chi connectivity index (χ0) is 18.8. The number of carbonyl (C=O) groups excluding carboxylic acids is 1. The van der Waals surface area contributed by atoms with Gasteiger partial charge in [0, 0.05) is 17.3 Å². The number of nitrogens with zero attached hydrogens (tertiary/aromatic N) is 5. The molecule has 0 spiro atoms. The van der Waals surface area contributed by atoms with E-state index in [1.807, 2.05) is 47.0 Å². The Balaban J connectivity index is 1.49. The lowest BCUT2D eigenvalue weighted by atomic mass is 10.1. The minimum absolute atomic E-state index is 0.146. The third kappa shape index (κ3) is 3.41. The second-order valence-electron chi connectivity index (χ2n) is 6.14. The van der Waals surface area contributed by atoms with Crippen molar-refractivity contribution in [1.29, 1.82) is 0 Å². The molecule has 27 heavy (non-hydrogen) atoms. The number of benzene rings is 1. The number of aromatic nitrogens is 5. The first-order chi connectivity index (χ1) is 13.1. The van der Waals surface area contributed by atoms with E-state index in [0.717, 1.165) is 12.0 Å². The summed E-state index contributed by atoms with van der Waals surface area (Å²) >= 11 is 0. The maximum Gasteiger partial charge on any atom is 0.258 e. The van der Waals surface area contributed by atoms with Crippen molar-refractivity contribution in [1.82, 2.24) is 30.1 Å². The van der Waals surface area contributed by atoms with Crippen LogP contribution in [-0.2, 0) is 13.0 Å². The summed E-state index contributed by atoms with van der Waals surface area (Å²) in [7, 11) is 0. The molecule has 8 heteroatoms. The van der Waals surface area contributed by atoms with Gasteiger partial charge in [-0.2, -0.15) is 4.98 Å². The standard InChI is InChI=1S/C19H18N6O2/c1-3-13-4-6-14(7-5-13)18(26)20-11-17-23-22-16-10-15(8-9-25(16)17)19-21-12(2)24-27-19/h4-10H,3,11H2,1-2H3,(H,20,26). The molecular weight excluding hydrogens is 344 g/mol. The molecule has 1 N–H and O–H groups in total. The van der Waals surface area contributed by atoms with E-state index in [-0.39, 0.29) is 12.5 Å². The average molecular weight is 362 g/mol. The monoisotopic (exact) mass is 362 g/mol. The molecule has 0 fully saturated rings. The molecule has 3 heterocycles. The van der Waals surface area contributed by atoms with Crippen LogP contribution in [0.25, 0.3) is 17.1 Å². The third-order valence-corrected chi connectivity index (χ3v) is 4.29. The minimum Gasteiger partial charge on any atom is -0.345 e. The normalized spacial score (nSPS) is 11.0. The fourth-order valence-corrected chi connectivity index (χ4v) is 2.76. The molecule has 0 aliphatic carbocycles. The van der Waals surface area contributed by atoms with E-state index in [0.29, 0.717) is 28.8 Å². The fourth-order valence-electron chi connectivity index (χ4n) is 2.76. The van der Waals surface area contributed by atoms with Gasteiger partial charge >= 0.3 is 0 Å². The predicted octanol–water partition coefficient (Wildman–Crippen LogP) is 2.58. The molecule has 1 aromatic carbocycles. The first-order valence-electron chi connectivity index (χ1n) is 8.65. The van der Waals surface area contributed by atoms with Crippen molar-refractivity contribution in [3.8, 4) is 11.5 Å². The Morgan fingerprint density at radius 3 is 2.70 bits per heavy atom. The number of carbonyl (C=O) groups is 1. The molecule has 136 valence electrons. The Labute approximate surface area is 155 Å². The van der Waals surface area contributed by atoms with Crippen molar-refractivity contribution in [2.24, 2.45) is 0 Å². The largest absolute Gasteiger partial charge is 0.345 e. The molecule has 0 saturated carbocycles. The van der Waals surface area contributed by atoms with Crippen LogP contribution in [0.2, 0.25) is 0 Å². The lowest BCUT2D eigenvalue weighted by molar-refractivity contribution is 0.0950. The maximum absolute atomic E-state index is 12.3. The molecule has 0 saturated heterocycles. The zero-order valence-electron chi connectivity index (χ0n) is 15.0. The quantitative estimate of drug-likeness (QED) is 0.586. The van der Waals surface area contributed by atoms with Crippen LogP contribution in [0.1, 0.15) is 34.5 Å². The Morgan fingerprint density at radius 1 is 1.19 bits per heavy atom. The van der Waals surface area contributed by atoms with Crippen molar-refractivity contribution >= 4 is 11.6 Å². The first-order valence-corrected chi connectivity index (χ1v) is 8.65. The van der Waals surface area contributed by atoms with Crippen LogP contribution < -0.4 is 5.32 Å². The van der Waals surface area contributed by atoms with E-state index in [1.165, 1.54) is 5.56 Å². The lowest BCUT2D eigenvalue weighted by Crippen LogP contribution is -2.24. The summed E-state index contributed by atoms with van der Waals surface area (Å²) in [4.78, 5) is 16.5. The second kappa shape index (κ2) is 6.99. The minimum atomic E-state index is -0.146. The summed E-state index contributed by atoms with van der Waals surface area (Å²) in [6, 6.07) is 11.2.